The Morgan fingerprint density at radius 2 is 2.19 bits per heavy atom. The SMILES string of the molecule is O=C1CNC(=O)N1Cc1cccc(NC(=O)[C@@]23CCCC[C@H]2CNC3)c1. The van der Waals surface area contributed by atoms with Gasteiger partial charge in [0.15, 0.2) is 0 Å². The van der Waals surface area contributed by atoms with Crippen molar-refractivity contribution in [1.82, 2.24) is 15.5 Å². The number of nitrogens with zero attached hydrogens (tertiary/aromatic N) is 1. The Kier molecular flexibility index (Phi) is 4.40. The summed E-state index contributed by atoms with van der Waals surface area (Å²) >= 11 is 0. The molecule has 1 aliphatic carbocycles. The van der Waals surface area contributed by atoms with Gasteiger partial charge in [-0.25, -0.2) is 4.79 Å². The van der Waals surface area contributed by atoms with E-state index >= 15 is 0 Å². The number of anilines is 1. The van der Waals surface area contributed by atoms with Crippen LogP contribution in [0.4, 0.5) is 10.5 Å². The van der Waals surface area contributed by atoms with Crippen LogP contribution in [-0.2, 0) is 16.1 Å². The van der Waals surface area contributed by atoms with Gasteiger partial charge in [0.05, 0.1) is 18.5 Å². The summed E-state index contributed by atoms with van der Waals surface area (Å²) in [5, 5.41) is 8.98. The quantitative estimate of drug-likeness (QED) is 0.713. The summed E-state index contributed by atoms with van der Waals surface area (Å²) in [6.07, 6.45) is 4.33. The lowest BCUT2D eigenvalue weighted by molar-refractivity contribution is -0.128. The highest BCUT2D eigenvalue weighted by Gasteiger charge is 2.49. The van der Waals surface area contributed by atoms with Gasteiger partial charge in [0.2, 0.25) is 11.8 Å². The van der Waals surface area contributed by atoms with Crippen LogP contribution in [0, 0.1) is 11.3 Å². The van der Waals surface area contributed by atoms with E-state index in [0.717, 1.165) is 37.9 Å². The monoisotopic (exact) mass is 356 g/mol. The minimum absolute atomic E-state index is 0.0478. The molecule has 1 aromatic rings. The van der Waals surface area contributed by atoms with Crippen LogP contribution in [0.1, 0.15) is 31.2 Å². The molecule has 4 amide bonds. The molecule has 3 N–H and O–H groups in total. The molecule has 0 aromatic heterocycles. The zero-order valence-electron chi connectivity index (χ0n) is 14.7. The van der Waals surface area contributed by atoms with E-state index in [2.05, 4.69) is 16.0 Å². The number of urea groups is 1. The zero-order chi connectivity index (χ0) is 18.1. The van der Waals surface area contributed by atoms with Crippen molar-refractivity contribution in [2.75, 3.05) is 25.0 Å². The molecule has 3 aliphatic rings. The van der Waals surface area contributed by atoms with Crippen LogP contribution in [0.3, 0.4) is 0 Å². The van der Waals surface area contributed by atoms with Gasteiger partial charge in [-0.2, -0.15) is 0 Å². The average molecular weight is 356 g/mol. The summed E-state index contributed by atoms with van der Waals surface area (Å²) in [6.45, 7) is 1.92. The molecule has 138 valence electrons. The number of nitrogens with one attached hydrogen (secondary N) is 3. The Morgan fingerprint density at radius 3 is 3.00 bits per heavy atom. The minimum atomic E-state index is -0.370. The smallest absolute Gasteiger partial charge is 0.324 e. The summed E-state index contributed by atoms with van der Waals surface area (Å²) in [7, 11) is 0. The van der Waals surface area contributed by atoms with Crippen molar-refractivity contribution >= 4 is 23.5 Å². The van der Waals surface area contributed by atoms with Crippen LogP contribution in [0.15, 0.2) is 24.3 Å². The molecule has 0 unspecified atom stereocenters. The number of imide groups is 1. The highest BCUT2D eigenvalue weighted by Crippen LogP contribution is 2.44. The highest BCUT2D eigenvalue weighted by atomic mass is 16.2. The summed E-state index contributed by atoms with van der Waals surface area (Å²) in [5.74, 6) is 0.259. The van der Waals surface area contributed by atoms with Gasteiger partial charge in [-0.3, -0.25) is 14.5 Å². The summed E-state index contributed by atoms with van der Waals surface area (Å²) in [4.78, 5) is 37.7. The molecular formula is C19H24N4O3. The van der Waals surface area contributed by atoms with Gasteiger partial charge < -0.3 is 16.0 Å². The Morgan fingerprint density at radius 1 is 1.31 bits per heavy atom. The van der Waals surface area contributed by atoms with Crippen LogP contribution < -0.4 is 16.0 Å². The lowest BCUT2D eigenvalue weighted by Gasteiger charge is -2.37. The molecule has 0 bridgehead atoms. The molecule has 26 heavy (non-hydrogen) atoms. The molecule has 4 rings (SSSR count). The first-order chi connectivity index (χ1) is 12.6. The van der Waals surface area contributed by atoms with E-state index in [-0.39, 0.29) is 36.3 Å². The summed E-state index contributed by atoms with van der Waals surface area (Å²) in [5.41, 5.74) is 1.22. The molecule has 2 heterocycles. The average Bonchev–Trinajstić information content (AvgIpc) is 3.21. The van der Waals surface area contributed by atoms with E-state index in [4.69, 9.17) is 0 Å². The molecule has 0 radical (unpaired) electrons. The van der Waals surface area contributed by atoms with E-state index in [9.17, 15) is 14.4 Å². The molecule has 2 aliphatic heterocycles. The van der Waals surface area contributed by atoms with Crippen LogP contribution >= 0.6 is 0 Å². The van der Waals surface area contributed by atoms with Crippen molar-refractivity contribution < 1.29 is 14.4 Å². The second-order valence-electron chi connectivity index (χ2n) is 7.52. The summed E-state index contributed by atoms with van der Waals surface area (Å²) in [6, 6.07) is 7.02. The third-order valence-corrected chi connectivity index (χ3v) is 5.95. The van der Waals surface area contributed by atoms with Gasteiger partial charge in [0.25, 0.3) is 0 Å². The molecule has 1 saturated carbocycles. The Labute approximate surface area is 152 Å². The Hall–Kier alpha value is -2.41. The summed E-state index contributed by atoms with van der Waals surface area (Å²) < 4.78 is 0. The van der Waals surface area contributed by atoms with Crippen molar-refractivity contribution in [3.63, 3.8) is 0 Å². The van der Waals surface area contributed by atoms with Crippen molar-refractivity contribution in [2.45, 2.75) is 32.2 Å². The highest BCUT2D eigenvalue weighted by molar-refractivity contribution is 6.02. The number of carbonyl (C=O) groups is 3. The fraction of sp³-hybridized carbons (Fsp3) is 0.526. The third-order valence-electron chi connectivity index (χ3n) is 5.95. The van der Waals surface area contributed by atoms with Crippen molar-refractivity contribution in [3.8, 4) is 0 Å². The molecule has 2 saturated heterocycles. The van der Waals surface area contributed by atoms with Crippen LogP contribution in [0.2, 0.25) is 0 Å². The molecule has 3 fully saturated rings. The lowest BCUT2D eigenvalue weighted by Crippen LogP contribution is -2.44. The standard InChI is InChI=1S/C19H24N4O3/c24-16-10-21-18(26)23(16)11-13-4-3-6-15(8-13)22-17(25)19-7-2-1-5-14(19)9-20-12-19/h3-4,6,8,14,20H,1-2,5,7,9-12H2,(H,21,26)(H,22,25)/t14-,19+/m0/s1. The van der Waals surface area contributed by atoms with Gasteiger partial charge in [-0.15, -0.1) is 0 Å². The topological polar surface area (TPSA) is 90.5 Å². The normalized spacial score (nSPS) is 28.0. The van der Waals surface area contributed by atoms with Crippen LogP contribution in [-0.4, -0.2) is 42.4 Å². The van der Waals surface area contributed by atoms with Gasteiger partial charge in [0.1, 0.15) is 0 Å². The molecule has 2 atom stereocenters. The lowest BCUT2D eigenvalue weighted by atomic mass is 9.67. The van der Waals surface area contributed by atoms with Gasteiger partial charge in [-0.1, -0.05) is 25.0 Å². The fourth-order valence-electron chi connectivity index (χ4n) is 4.49. The first kappa shape index (κ1) is 17.0. The first-order valence-electron chi connectivity index (χ1n) is 9.28. The third kappa shape index (κ3) is 2.96. The van der Waals surface area contributed by atoms with Crippen molar-refractivity contribution in [1.29, 1.82) is 0 Å². The van der Waals surface area contributed by atoms with Crippen LogP contribution in [0.25, 0.3) is 0 Å². The van der Waals surface area contributed by atoms with E-state index in [1.54, 1.807) is 0 Å². The van der Waals surface area contributed by atoms with E-state index in [0.29, 0.717) is 11.6 Å². The Balaban J connectivity index is 1.48. The fourth-order valence-corrected chi connectivity index (χ4v) is 4.49. The van der Waals surface area contributed by atoms with Gasteiger partial charge in [0, 0.05) is 12.2 Å². The minimum Gasteiger partial charge on any atom is -0.329 e. The second-order valence-corrected chi connectivity index (χ2v) is 7.52. The molecule has 0 spiro atoms. The molecular weight excluding hydrogens is 332 g/mol. The number of carbonyl (C=O) groups excluding carboxylic acids is 3. The first-order valence-corrected chi connectivity index (χ1v) is 9.28. The maximum absolute atomic E-state index is 13.1. The Bertz CT molecular complexity index is 734. The van der Waals surface area contributed by atoms with E-state index in [1.165, 1.54) is 11.3 Å². The maximum atomic E-state index is 13.1. The number of amides is 4. The molecule has 1 aromatic carbocycles. The number of rotatable bonds is 4. The number of hydrogen-bond acceptors (Lipinski definition) is 4. The van der Waals surface area contributed by atoms with Gasteiger partial charge in [-0.05, 0) is 43.0 Å². The zero-order valence-corrected chi connectivity index (χ0v) is 14.7. The van der Waals surface area contributed by atoms with Crippen LogP contribution in [0.5, 0.6) is 0 Å². The van der Waals surface area contributed by atoms with E-state index in [1.807, 2.05) is 24.3 Å². The number of benzene rings is 1. The predicted molar refractivity (Wildman–Crippen MR) is 96.3 cm³/mol. The molecule has 7 nitrogen and oxygen atoms in total. The second kappa shape index (κ2) is 6.72. The van der Waals surface area contributed by atoms with Crippen molar-refractivity contribution in [3.05, 3.63) is 29.8 Å². The molecule has 7 heteroatoms. The number of hydrogen-bond donors (Lipinski definition) is 3. The maximum Gasteiger partial charge on any atom is 0.324 e. The van der Waals surface area contributed by atoms with Gasteiger partial charge >= 0.3 is 6.03 Å². The number of fused-ring (bicyclic) bond motifs is 1. The predicted octanol–water partition coefficient (Wildman–Crippen LogP) is 1.46. The van der Waals surface area contributed by atoms with Crippen molar-refractivity contribution in [2.24, 2.45) is 11.3 Å². The largest absolute Gasteiger partial charge is 0.329 e. The van der Waals surface area contributed by atoms with E-state index < -0.39 is 0 Å².